The Bertz CT molecular complexity index is 339. The standard InChI is InChI=1S/C15H20O/c1-12-3-2-4-15(9-12)10-13-5-7-14(11-16)8-6-13/h5-8,11-12,15H,2-4,9-10H2,1H3. The smallest absolute Gasteiger partial charge is 0.150 e. The number of carbonyl (C=O) groups excluding carboxylic acids is 1. The van der Waals surface area contributed by atoms with Gasteiger partial charge in [-0.3, -0.25) is 4.79 Å². The van der Waals surface area contributed by atoms with Crippen LogP contribution in [0.3, 0.4) is 0 Å². The zero-order chi connectivity index (χ0) is 11.4. The van der Waals surface area contributed by atoms with Gasteiger partial charge >= 0.3 is 0 Å². The predicted molar refractivity (Wildman–Crippen MR) is 66.7 cm³/mol. The van der Waals surface area contributed by atoms with Crippen LogP contribution in [0.1, 0.15) is 48.5 Å². The summed E-state index contributed by atoms with van der Waals surface area (Å²) in [6, 6.07) is 8.05. The summed E-state index contributed by atoms with van der Waals surface area (Å²) in [7, 11) is 0. The molecule has 1 aromatic rings. The quantitative estimate of drug-likeness (QED) is 0.701. The van der Waals surface area contributed by atoms with Crippen LogP contribution in [0.25, 0.3) is 0 Å². The molecule has 1 fully saturated rings. The van der Waals surface area contributed by atoms with Crippen LogP contribution in [0.5, 0.6) is 0 Å². The highest BCUT2D eigenvalue weighted by Crippen LogP contribution is 2.30. The lowest BCUT2D eigenvalue weighted by Gasteiger charge is -2.26. The molecule has 0 aromatic heterocycles. The maximum absolute atomic E-state index is 10.6. The van der Waals surface area contributed by atoms with Gasteiger partial charge in [0.2, 0.25) is 0 Å². The maximum atomic E-state index is 10.6. The molecule has 0 aliphatic heterocycles. The van der Waals surface area contributed by atoms with Crippen LogP contribution in [-0.4, -0.2) is 6.29 Å². The van der Waals surface area contributed by atoms with E-state index in [2.05, 4.69) is 19.1 Å². The average Bonchev–Trinajstić information content (AvgIpc) is 2.30. The van der Waals surface area contributed by atoms with Crippen molar-refractivity contribution in [3.8, 4) is 0 Å². The molecule has 0 N–H and O–H groups in total. The third-order valence-corrected chi connectivity index (χ3v) is 3.69. The van der Waals surface area contributed by atoms with Crippen molar-refractivity contribution in [1.82, 2.24) is 0 Å². The molecule has 0 radical (unpaired) electrons. The summed E-state index contributed by atoms with van der Waals surface area (Å²) < 4.78 is 0. The first kappa shape index (κ1) is 11.4. The van der Waals surface area contributed by atoms with Crippen molar-refractivity contribution in [2.45, 2.75) is 39.0 Å². The molecule has 2 rings (SSSR count). The second-order valence-corrected chi connectivity index (χ2v) is 5.20. The third kappa shape index (κ3) is 2.94. The van der Waals surface area contributed by atoms with Crippen molar-refractivity contribution in [3.63, 3.8) is 0 Å². The van der Waals surface area contributed by atoms with E-state index in [1.54, 1.807) is 0 Å². The van der Waals surface area contributed by atoms with Gasteiger partial charge in [-0.15, -0.1) is 0 Å². The van der Waals surface area contributed by atoms with Crippen LogP contribution in [0.15, 0.2) is 24.3 Å². The highest BCUT2D eigenvalue weighted by molar-refractivity contribution is 5.74. The highest BCUT2D eigenvalue weighted by Gasteiger charge is 2.18. The second-order valence-electron chi connectivity index (χ2n) is 5.20. The van der Waals surface area contributed by atoms with Gasteiger partial charge in [-0.25, -0.2) is 0 Å². The normalized spacial score (nSPS) is 25.3. The molecule has 1 aliphatic carbocycles. The van der Waals surface area contributed by atoms with E-state index in [-0.39, 0.29) is 0 Å². The van der Waals surface area contributed by atoms with E-state index in [0.717, 1.165) is 23.7 Å². The second kappa shape index (κ2) is 5.29. The summed E-state index contributed by atoms with van der Waals surface area (Å²) >= 11 is 0. The van der Waals surface area contributed by atoms with Crippen molar-refractivity contribution >= 4 is 6.29 Å². The van der Waals surface area contributed by atoms with Gasteiger partial charge in [-0.2, -0.15) is 0 Å². The van der Waals surface area contributed by atoms with Crippen molar-refractivity contribution in [3.05, 3.63) is 35.4 Å². The Balaban J connectivity index is 1.94. The van der Waals surface area contributed by atoms with Crippen molar-refractivity contribution in [2.75, 3.05) is 0 Å². The Kier molecular flexibility index (Phi) is 3.76. The number of hydrogen-bond donors (Lipinski definition) is 0. The van der Waals surface area contributed by atoms with Gasteiger partial charge in [-0.05, 0) is 30.2 Å². The molecule has 1 aliphatic rings. The summed E-state index contributed by atoms with van der Waals surface area (Å²) in [4.78, 5) is 10.6. The topological polar surface area (TPSA) is 17.1 Å². The number of aldehydes is 1. The van der Waals surface area contributed by atoms with Crippen LogP contribution in [0.2, 0.25) is 0 Å². The van der Waals surface area contributed by atoms with Crippen LogP contribution in [0.4, 0.5) is 0 Å². The van der Waals surface area contributed by atoms with Crippen molar-refractivity contribution in [1.29, 1.82) is 0 Å². The molecular formula is C15H20O. The monoisotopic (exact) mass is 216 g/mol. The van der Waals surface area contributed by atoms with Crippen LogP contribution < -0.4 is 0 Å². The van der Waals surface area contributed by atoms with Gasteiger partial charge in [-0.1, -0.05) is 50.5 Å². The van der Waals surface area contributed by atoms with E-state index in [1.165, 1.54) is 37.7 Å². The Morgan fingerprint density at radius 1 is 1.25 bits per heavy atom. The molecule has 1 aromatic carbocycles. The lowest BCUT2D eigenvalue weighted by molar-refractivity contribution is 0.112. The number of carbonyl (C=O) groups is 1. The summed E-state index contributed by atoms with van der Waals surface area (Å²) in [6.45, 7) is 2.36. The number of hydrogen-bond acceptors (Lipinski definition) is 1. The summed E-state index contributed by atoms with van der Waals surface area (Å²) in [6.07, 6.45) is 7.63. The van der Waals surface area contributed by atoms with E-state index < -0.39 is 0 Å². The first-order valence-corrected chi connectivity index (χ1v) is 6.32. The fourth-order valence-electron chi connectivity index (χ4n) is 2.81. The lowest BCUT2D eigenvalue weighted by Crippen LogP contribution is -2.15. The molecule has 2 unspecified atom stereocenters. The largest absolute Gasteiger partial charge is 0.298 e. The molecule has 0 bridgehead atoms. The van der Waals surface area contributed by atoms with Gasteiger partial charge in [0.05, 0.1) is 0 Å². The van der Waals surface area contributed by atoms with Crippen LogP contribution >= 0.6 is 0 Å². The van der Waals surface area contributed by atoms with E-state index >= 15 is 0 Å². The van der Waals surface area contributed by atoms with Gasteiger partial charge in [0.15, 0.2) is 0 Å². The maximum Gasteiger partial charge on any atom is 0.150 e. The number of rotatable bonds is 3. The molecular weight excluding hydrogens is 196 g/mol. The van der Waals surface area contributed by atoms with Gasteiger partial charge in [0, 0.05) is 5.56 Å². The minimum absolute atomic E-state index is 0.778. The summed E-state index contributed by atoms with van der Waals surface area (Å²) in [5.41, 5.74) is 2.16. The van der Waals surface area contributed by atoms with Crippen molar-refractivity contribution in [2.24, 2.45) is 11.8 Å². The van der Waals surface area contributed by atoms with E-state index in [0.29, 0.717) is 0 Å². The number of benzene rings is 1. The zero-order valence-electron chi connectivity index (χ0n) is 9.99. The molecule has 16 heavy (non-hydrogen) atoms. The SMILES string of the molecule is CC1CCCC(Cc2ccc(C=O)cc2)C1. The molecule has 0 spiro atoms. The molecule has 0 heterocycles. The minimum atomic E-state index is 0.778. The average molecular weight is 216 g/mol. The zero-order valence-corrected chi connectivity index (χ0v) is 9.99. The highest BCUT2D eigenvalue weighted by atomic mass is 16.1. The first-order valence-electron chi connectivity index (χ1n) is 6.32. The lowest BCUT2D eigenvalue weighted by atomic mass is 9.79. The van der Waals surface area contributed by atoms with E-state index in [4.69, 9.17) is 0 Å². The van der Waals surface area contributed by atoms with Gasteiger partial charge < -0.3 is 0 Å². The minimum Gasteiger partial charge on any atom is -0.298 e. The van der Waals surface area contributed by atoms with Crippen LogP contribution in [-0.2, 0) is 6.42 Å². The van der Waals surface area contributed by atoms with Crippen molar-refractivity contribution < 1.29 is 4.79 Å². The fourth-order valence-corrected chi connectivity index (χ4v) is 2.81. The van der Waals surface area contributed by atoms with Crippen LogP contribution in [0, 0.1) is 11.8 Å². The molecule has 1 saturated carbocycles. The first-order chi connectivity index (χ1) is 7.78. The Hall–Kier alpha value is -1.11. The molecule has 1 nitrogen and oxygen atoms in total. The fraction of sp³-hybridized carbons (Fsp3) is 0.533. The molecule has 0 saturated heterocycles. The predicted octanol–water partition coefficient (Wildman–Crippen LogP) is 3.87. The van der Waals surface area contributed by atoms with Gasteiger partial charge in [0.1, 0.15) is 6.29 Å². The Morgan fingerprint density at radius 2 is 2.00 bits per heavy atom. The summed E-state index contributed by atoms with van der Waals surface area (Å²) in [5, 5.41) is 0. The third-order valence-electron chi connectivity index (χ3n) is 3.69. The molecule has 86 valence electrons. The van der Waals surface area contributed by atoms with E-state index in [9.17, 15) is 4.79 Å². The summed E-state index contributed by atoms with van der Waals surface area (Å²) in [5.74, 6) is 1.75. The Labute approximate surface area is 97.9 Å². The molecule has 1 heteroatoms. The van der Waals surface area contributed by atoms with Gasteiger partial charge in [0.25, 0.3) is 0 Å². The molecule has 2 atom stereocenters. The molecule has 0 amide bonds. The van der Waals surface area contributed by atoms with E-state index in [1.807, 2.05) is 12.1 Å². The Morgan fingerprint density at radius 3 is 2.62 bits per heavy atom.